The van der Waals surface area contributed by atoms with Gasteiger partial charge in [0.1, 0.15) is 0 Å². The summed E-state index contributed by atoms with van der Waals surface area (Å²) in [6, 6.07) is 67.6. The molecule has 0 spiro atoms. The smallest absolute Gasteiger partial charge is 1.00 e. The van der Waals surface area contributed by atoms with E-state index in [1.807, 2.05) is 48.5 Å². The summed E-state index contributed by atoms with van der Waals surface area (Å²) >= 11 is 0. The average molecular weight is 974 g/mol. The first-order valence-electron chi connectivity index (χ1n) is 18.9. The van der Waals surface area contributed by atoms with Gasteiger partial charge in [-0.3, -0.25) is 0 Å². The van der Waals surface area contributed by atoms with Crippen LogP contribution in [0.15, 0.2) is 244 Å². The van der Waals surface area contributed by atoms with Crippen LogP contribution in [0.2, 0.25) is 0 Å². The maximum atomic E-state index is 2.20. The summed E-state index contributed by atoms with van der Waals surface area (Å²) in [7, 11) is 0. The van der Waals surface area contributed by atoms with Gasteiger partial charge in [-0.1, -0.05) is 24.3 Å². The molecular formula is C52H40Cl2N4Zr2-2. The Morgan fingerprint density at radius 1 is 0.250 bits per heavy atom. The molecule has 8 heteroatoms. The van der Waals surface area contributed by atoms with E-state index >= 15 is 0 Å². The van der Waals surface area contributed by atoms with Gasteiger partial charge < -0.3 is 43.1 Å². The largest absolute Gasteiger partial charge is 2.00 e. The molecule has 0 N–H and O–H groups in total. The van der Waals surface area contributed by atoms with Crippen molar-refractivity contribution in [3.05, 3.63) is 244 Å². The van der Waals surface area contributed by atoms with Crippen molar-refractivity contribution < 1.29 is 77.2 Å². The van der Waals surface area contributed by atoms with Crippen LogP contribution in [0.5, 0.6) is 0 Å². The number of fused-ring (bicyclic) bond motifs is 4. The van der Waals surface area contributed by atoms with Crippen molar-refractivity contribution in [3.63, 3.8) is 0 Å². The maximum absolute atomic E-state index is 2.20. The van der Waals surface area contributed by atoms with Gasteiger partial charge in [-0.15, -0.1) is 164 Å². The molecule has 8 aromatic carbocycles. The molecule has 0 saturated carbocycles. The molecule has 292 valence electrons. The van der Waals surface area contributed by atoms with Crippen LogP contribution in [0.1, 0.15) is 0 Å². The molecule has 0 amide bonds. The van der Waals surface area contributed by atoms with Crippen LogP contribution in [0, 0.1) is 0 Å². The Hall–Kier alpha value is -5.21. The van der Waals surface area contributed by atoms with Gasteiger partial charge in [-0.2, -0.15) is 0 Å². The molecule has 12 aromatic rings. The first kappa shape index (κ1) is 45.9. The van der Waals surface area contributed by atoms with Crippen molar-refractivity contribution in [2.45, 2.75) is 0 Å². The molecule has 4 heterocycles. The molecule has 0 aliphatic carbocycles. The van der Waals surface area contributed by atoms with E-state index < -0.39 is 0 Å². The van der Waals surface area contributed by atoms with E-state index in [1.54, 1.807) is 0 Å². The zero-order chi connectivity index (χ0) is 37.5. The fourth-order valence-corrected chi connectivity index (χ4v) is 7.16. The minimum Gasteiger partial charge on any atom is -1.00 e. The van der Waals surface area contributed by atoms with Crippen LogP contribution >= 0.6 is 0 Å². The number of aromatic nitrogens is 4. The second kappa shape index (κ2) is 21.9. The molecule has 0 atom stereocenters. The predicted octanol–water partition coefficient (Wildman–Crippen LogP) is 7.40. The maximum Gasteiger partial charge on any atom is 2.00 e. The first-order valence-corrected chi connectivity index (χ1v) is 18.9. The van der Waals surface area contributed by atoms with Gasteiger partial charge >= 0.3 is 52.4 Å². The molecule has 0 saturated heterocycles. The van der Waals surface area contributed by atoms with E-state index in [0.717, 1.165) is 0 Å². The Labute approximate surface area is 401 Å². The van der Waals surface area contributed by atoms with Gasteiger partial charge in [-0.05, 0) is 71.3 Å². The summed E-state index contributed by atoms with van der Waals surface area (Å²) in [6.07, 6.45) is 16.5. The Morgan fingerprint density at radius 3 is 0.617 bits per heavy atom. The Kier molecular flexibility index (Phi) is 16.7. The molecule has 0 aliphatic rings. The summed E-state index contributed by atoms with van der Waals surface area (Å²) in [5.41, 5.74) is 4.93. The monoisotopic (exact) mass is 970 g/mol. The zero-order valence-electron chi connectivity index (χ0n) is 32.6. The second-order valence-electron chi connectivity index (χ2n) is 13.7. The van der Waals surface area contributed by atoms with Crippen molar-refractivity contribution in [3.8, 4) is 22.7 Å². The van der Waals surface area contributed by atoms with Crippen molar-refractivity contribution >= 4 is 43.1 Å². The number of hydrogen-bond donors (Lipinski definition) is 0. The molecule has 0 radical (unpaired) electrons. The fourth-order valence-electron chi connectivity index (χ4n) is 7.16. The summed E-state index contributed by atoms with van der Waals surface area (Å²) in [5, 5.41) is 10.4. The van der Waals surface area contributed by atoms with Crippen LogP contribution in [-0.4, -0.2) is 18.3 Å². The van der Waals surface area contributed by atoms with Crippen LogP contribution in [0.3, 0.4) is 0 Å². The van der Waals surface area contributed by atoms with Crippen molar-refractivity contribution in [2.75, 3.05) is 0 Å². The Morgan fingerprint density at radius 2 is 0.433 bits per heavy atom. The molecule has 4 aromatic heterocycles. The number of benzene rings is 4. The minimum absolute atomic E-state index is 0. The summed E-state index contributed by atoms with van der Waals surface area (Å²) in [6.45, 7) is 0. The Bertz CT molecular complexity index is 2480. The molecule has 0 aliphatic heterocycles. The second-order valence-corrected chi connectivity index (χ2v) is 13.7. The number of hydrogen-bond acceptors (Lipinski definition) is 0. The number of halogens is 2. The van der Waals surface area contributed by atoms with Gasteiger partial charge in [0, 0.05) is 49.6 Å². The first-order chi connectivity index (χ1) is 27.7. The van der Waals surface area contributed by atoms with Crippen LogP contribution in [0.25, 0.3) is 65.8 Å². The SMILES string of the molecule is [Cl-].[Cl-].[Zr+2].[Zr+2].c1ccc2[cH-]c(-n3cccc3)cc2c1.c1ccc2[cH-]c(-n3cccc3)cc2c1.c1ccc2[cH-]c(-n3cccc3)cc2c1.c1ccc2[cH-]c(-n3cccc3)cc2c1. The van der Waals surface area contributed by atoms with Gasteiger partial charge in [0.15, 0.2) is 0 Å². The van der Waals surface area contributed by atoms with E-state index in [0.29, 0.717) is 0 Å². The fraction of sp³-hybridized carbons (Fsp3) is 0. The summed E-state index contributed by atoms with van der Waals surface area (Å²) in [5.74, 6) is 0. The van der Waals surface area contributed by atoms with Gasteiger partial charge in [0.25, 0.3) is 0 Å². The van der Waals surface area contributed by atoms with Crippen LogP contribution in [0.4, 0.5) is 0 Å². The van der Waals surface area contributed by atoms with E-state index in [9.17, 15) is 0 Å². The third kappa shape index (κ3) is 10.7. The minimum atomic E-state index is 0. The number of nitrogens with zero attached hydrogens (tertiary/aromatic N) is 4. The molecule has 0 bridgehead atoms. The third-order valence-electron chi connectivity index (χ3n) is 10.0. The van der Waals surface area contributed by atoms with E-state index in [2.05, 4.69) is 213 Å². The third-order valence-corrected chi connectivity index (χ3v) is 10.0. The molecule has 4 nitrogen and oxygen atoms in total. The topological polar surface area (TPSA) is 19.7 Å². The number of rotatable bonds is 4. The normalized spacial score (nSPS) is 10.1. The van der Waals surface area contributed by atoms with Crippen LogP contribution < -0.4 is 24.8 Å². The van der Waals surface area contributed by atoms with E-state index in [4.69, 9.17) is 0 Å². The average Bonchev–Trinajstić information content (AvgIpc) is 4.11. The predicted molar refractivity (Wildman–Crippen MR) is 235 cm³/mol. The quantitative estimate of drug-likeness (QED) is 0.164. The van der Waals surface area contributed by atoms with Crippen molar-refractivity contribution in [1.82, 2.24) is 18.3 Å². The molecular weight excluding hydrogens is 934 g/mol. The standard InChI is InChI=1S/4C13H10N.2ClH.2Zr/c4*1-2-6-12-10-13(9-11(12)5-1)14-7-3-4-8-14;;;;/h4*1-10H;2*1H;;/q4*-1;;;2*+2/p-2. The Balaban J connectivity index is 0.000000148. The zero-order valence-corrected chi connectivity index (χ0v) is 39.1. The van der Waals surface area contributed by atoms with E-state index in [1.165, 1.54) is 65.8 Å². The molecule has 60 heavy (non-hydrogen) atoms. The van der Waals surface area contributed by atoms with Crippen molar-refractivity contribution in [2.24, 2.45) is 0 Å². The van der Waals surface area contributed by atoms with E-state index in [-0.39, 0.29) is 77.2 Å². The van der Waals surface area contributed by atoms with Gasteiger partial charge in [-0.25, -0.2) is 0 Å². The summed E-state index contributed by atoms with van der Waals surface area (Å²) < 4.78 is 8.50. The van der Waals surface area contributed by atoms with Gasteiger partial charge in [0.2, 0.25) is 0 Å². The molecule has 0 unspecified atom stereocenters. The van der Waals surface area contributed by atoms with Gasteiger partial charge in [0.05, 0.1) is 0 Å². The van der Waals surface area contributed by atoms with Crippen LogP contribution in [-0.2, 0) is 52.4 Å². The molecule has 12 rings (SSSR count). The summed E-state index contributed by atoms with van der Waals surface area (Å²) in [4.78, 5) is 0. The molecule has 0 fully saturated rings. The van der Waals surface area contributed by atoms with Crippen molar-refractivity contribution in [1.29, 1.82) is 0 Å².